The Hall–Kier alpha value is -3.85. The largest absolute Gasteiger partial charge is 0.394 e. The zero-order valence-corrected chi connectivity index (χ0v) is 27.1. The van der Waals surface area contributed by atoms with Gasteiger partial charge in [0.2, 0.25) is 11.8 Å². The van der Waals surface area contributed by atoms with Crippen molar-refractivity contribution >= 4 is 46.8 Å². The van der Waals surface area contributed by atoms with Crippen LogP contribution in [0, 0.1) is 18.8 Å². The van der Waals surface area contributed by atoms with Crippen molar-refractivity contribution in [2.45, 2.75) is 42.0 Å². The lowest BCUT2D eigenvalue weighted by molar-refractivity contribution is -0.144. The smallest absolute Gasteiger partial charge is 0.251 e. The molecule has 3 aromatic rings. The standard InChI is InChI=1S/C37H36ClN3O4S/c1-24-11-8-16-28(38)32(24)40-20-10-18-37-31(30-29(46-37)17-9-19-39(34(30)43)22-26-14-6-3-7-15-26)35(44)41(33(37)36(40)45)27(23-42)21-25-12-4-2-5-13-25/h2-18,27,29-31,33,42H,19-23H2,1H3/t27-,29+,30-,31+,33?,37+/m1/s1. The number of aliphatic hydroxyl groups excluding tert-OH is 1. The second-order valence-electron chi connectivity index (χ2n) is 12.5. The second kappa shape index (κ2) is 12.4. The fourth-order valence-electron chi connectivity index (χ4n) is 7.77. The predicted octanol–water partition coefficient (Wildman–Crippen LogP) is 5.05. The summed E-state index contributed by atoms with van der Waals surface area (Å²) in [6, 6.07) is 23.5. The quantitative estimate of drug-likeness (QED) is 0.361. The van der Waals surface area contributed by atoms with E-state index in [0.29, 0.717) is 30.2 Å². The molecule has 46 heavy (non-hydrogen) atoms. The van der Waals surface area contributed by atoms with Gasteiger partial charge in [-0.3, -0.25) is 14.4 Å². The topological polar surface area (TPSA) is 81.2 Å². The van der Waals surface area contributed by atoms with E-state index in [1.165, 1.54) is 0 Å². The van der Waals surface area contributed by atoms with Gasteiger partial charge in [-0.25, -0.2) is 0 Å². The van der Waals surface area contributed by atoms with E-state index in [4.69, 9.17) is 11.6 Å². The number of hydrogen-bond acceptors (Lipinski definition) is 5. The van der Waals surface area contributed by atoms with Crippen LogP contribution in [0.25, 0.3) is 0 Å². The molecule has 4 heterocycles. The van der Waals surface area contributed by atoms with E-state index in [2.05, 4.69) is 0 Å². The molecule has 0 radical (unpaired) electrons. The van der Waals surface area contributed by atoms with Gasteiger partial charge in [-0.05, 0) is 36.1 Å². The van der Waals surface area contributed by atoms with Gasteiger partial charge in [-0.2, -0.15) is 0 Å². The molecule has 0 aliphatic carbocycles. The fraction of sp³-hybridized carbons (Fsp3) is 0.324. The van der Waals surface area contributed by atoms with Crippen LogP contribution in [-0.4, -0.2) is 74.4 Å². The van der Waals surface area contributed by atoms with Crippen molar-refractivity contribution in [2.24, 2.45) is 11.8 Å². The first-order valence-corrected chi connectivity index (χ1v) is 17.0. The highest BCUT2D eigenvalue weighted by Crippen LogP contribution is 2.61. The van der Waals surface area contributed by atoms with Crippen molar-refractivity contribution in [3.8, 4) is 0 Å². The lowest BCUT2D eigenvalue weighted by atomic mass is 9.78. The summed E-state index contributed by atoms with van der Waals surface area (Å²) in [5.41, 5.74) is 3.42. The highest BCUT2D eigenvalue weighted by Gasteiger charge is 2.71. The average molecular weight is 654 g/mol. The highest BCUT2D eigenvalue weighted by molar-refractivity contribution is 8.02. The Bertz CT molecular complexity index is 1700. The summed E-state index contributed by atoms with van der Waals surface area (Å²) in [7, 11) is 0. The number of aryl methyl sites for hydroxylation is 1. The van der Waals surface area contributed by atoms with E-state index < -0.39 is 28.7 Å². The maximum atomic E-state index is 15.0. The van der Waals surface area contributed by atoms with E-state index in [9.17, 15) is 19.5 Å². The van der Waals surface area contributed by atoms with Crippen LogP contribution in [0.15, 0.2) is 103 Å². The van der Waals surface area contributed by atoms with Gasteiger partial charge in [0, 0.05) is 24.9 Å². The Morgan fingerprint density at radius 3 is 2.30 bits per heavy atom. The minimum atomic E-state index is -1.01. The Labute approximate surface area is 278 Å². The van der Waals surface area contributed by atoms with Crippen LogP contribution in [0.4, 0.5) is 5.69 Å². The lowest BCUT2D eigenvalue weighted by Gasteiger charge is -2.39. The number of carbonyl (C=O) groups is 3. The van der Waals surface area contributed by atoms with Crippen LogP contribution < -0.4 is 4.90 Å². The number of benzene rings is 3. The van der Waals surface area contributed by atoms with Gasteiger partial charge in [0.05, 0.1) is 39.9 Å². The van der Waals surface area contributed by atoms with Crippen molar-refractivity contribution in [2.75, 3.05) is 24.6 Å². The third-order valence-corrected chi connectivity index (χ3v) is 11.8. The van der Waals surface area contributed by atoms with Crippen LogP contribution in [0.2, 0.25) is 5.02 Å². The number of halogens is 1. The summed E-state index contributed by atoms with van der Waals surface area (Å²) >= 11 is 8.25. The normalized spacial score (nSPS) is 27.7. The zero-order valence-electron chi connectivity index (χ0n) is 25.5. The van der Waals surface area contributed by atoms with Crippen LogP contribution in [-0.2, 0) is 27.3 Å². The Kier molecular flexibility index (Phi) is 8.30. The first kappa shape index (κ1) is 30.8. The summed E-state index contributed by atoms with van der Waals surface area (Å²) in [6.45, 7) is 2.75. The minimum absolute atomic E-state index is 0.0883. The predicted molar refractivity (Wildman–Crippen MR) is 181 cm³/mol. The van der Waals surface area contributed by atoms with Gasteiger partial charge in [0.1, 0.15) is 6.04 Å². The first-order chi connectivity index (χ1) is 22.3. The molecule has 0 bridgehead atoms. The molecular weight excluding hydrogens is 618 g/mol. The molecule has 2 saturated heterocycles. The molecule has 1 unspecified atom stereocenters. The molecule has 9 heteroatoms. The molecule has 4 aliphatic heterocycles. The van der Waals surface area contributed by atoms with Crippen LogP contribution in [0.3, 0.4) is 0 Å². The number of likely N-dealkylation sites (tertiary alicyclic amines) is 1. The van der Waals surface area contributed by atoms with E-state index in [1.54, 1.807) is 27.6 Å². The fourth-order valence-corrected chi connectivity index (χ4v) is 10.1. The minimum Gasteiger partial charge on any atom is -0.394 e. The van der Waals surface area contributed by atoms with Crippen molar-refractivity contribution in [1.82, 2.24) is 9.80 Å². The third-order valence-electron chi connectivity index (χ3n) is 9.77. The molecule has 1 spiro atoms. The molecule has 6 atom stereocenters. The van der Waals surface area contributed by atoms with Gasteiger partial charge < -0.3 is 19.8 Å². The SMILES string of the molecule is Cc1cccc(Cl)c1N1CC=C[C@]23S[C@H]4C=CCN(Cc5ccccc5)C(=O)[C@H]4[C@H]2C(=O)N([C@@H](CO)Cc2ccccc2)C3C1=O. The van der Waals surface area contributed by atoms with Crippen LogP contribution >= 0.6 is 23.4 Å². The van der Waals surface area contributed by atoms with Crippen molar-refractivity contribution < 1.29 is 19.5 Å². The number of fused-ring (bicyclic) bond motifs is 2. The van der Waals surface area contributed by atoms with E-state index in [0.717, 1.165) is 16.7 Å². The molecule has 0 saturated carbocycles. The maximum absolute atomic E-state index is 15.0. The molecule has 7 rings (SSSR count). The zero-order chi connectivity index (χ0) is 32.0. The molecule has 236 valence electrons. The van der Waals surface area contributed by atoms with Crippen LogP contribution in [0.1, 0.15) is 16.7 Å². The maximum Gasteiger partial charge on any atom is 0.251 e. The lowest BCUT2D eigenvalue weighted by Crippen LogP contribution is -2.57. The van der Waals surface area contributed by atoms with E-state index >= 15 is 0 Å². The van der Waals surface area contributed by atoms with E-state index in [1.807, 2.05) is 109 Å². The Balaban J connectivity index is 1.33. The average Bonchev–Trinajstić information content (AvgIpc) is 3.39. The van der Waals surface area contributed by atoms with Crippen LogP contribution in [0.5, 0.6) is 0 Å². The summed E-state index contributed by atoms with van der Waals surface area (Å²) in [6.07, 6.45) is 8.39. The Morgan fingerprint density at radius 1 is 0.891 bits per heavy atom. The summed E-state index contributed by atoms with van der Waals surface area (Å²) in [5.74, 6) is -2.05. The summed E-state index contributed by atoms with van der Waals surface area (Å²) < 4.78 is -1.01. The number of aliphatic hydroxyl groups is 1. The second-order valence-corrected chi connectivity index (χ2v) is 14.4. The number of rotatable bonds is 7. The van der Waals surface area contributed by atoms with E-state index in [-0.39, 0.29) is 36.1 Å². The molecule has 3 aromatic carbocycles. The number of amides is 3. The Morgan fingerprint density at radius 2 is 1.61 bits per heavy atom. The third kappa shape index (κ3) is 5.07. The molecule has 2 fully saturated rings. The highest BCUT2D eigenvalue weighted by atomic mass is 35.5. The molecule has 4 aliphatic rings. The summed E-state index contributed by atoms with van der Waals surface area (Å²) in [4.78, 5) is 49.5. The summed E-state index contributed by atoms with van der Waals surface area (Å²) in [5, 5.41) is 11.0. The van der Waals surface area contributed by atoms with Gasteiger partial charge in [0.25, 0.3) is 5.91 Å². The van der Waals surface area contributed by atoms with Crippen molar-refractivity contribution in [3.63, 3.8) is 0 Å². The number of hydrogen-bond donors (Lipinski definition) is 1. The molecule has 0 aromatic heterocycles. The number of para-hydroxylation sites is 1. The van der Waals surface area contributed by atoms with Crippen molar-refractivity contribution in [1.29, 1.82) is 0 Å². The molecular formula is C37H36ClN3O4S. The number of anilines is 1. The first-order valence-electron chi connectivity index (χ1n) is 15.7. The van der Waals surface area contributed by atoms with Gasteiger partial charge >= 0.3 is 0 Å². The monoisotopic (exact) mass is 653 g/mol. The molecule has 1 N–H and O–H groups in total. The molecule has 7 nitrogen and oxygen atoms in total. The van der Waals surface area contributed by atoms with Crippen molar-refractivity contribution in [3.05, 3.63) is 125 Å². The number of thioether (sulfide) groups is 1. The van der Waals surface area contributed by atoms with Gasteiger partial charge in [-0.1, -0.05) is 109 Å². The number of carbonyl (C=O) groups excluding carboxylic acids is 3. The van der Waals surface area contributed by atoms with Gasteiger partial charge in [-0.15, -0.1) is 11.8 Å². The van der Waals surface area contributed by atoms with Gasteiger partial charge in [0.15, 0.2) is 0 Å². The number of nitrogens with zero attached hydrogens (tertiary/aromatic N) is 3. The molecule has 3 amide bonds.